The maximum atomic E-state index is 13.7. The van der Waals surface area contributed by atoms with E-state index in [1.807, 2.05) is 42.2 Å². The third-order valence-electron chi connectivity index (χ3n) is 4.43. The number of carbonyl (C=O) groups excluding carboxylic acids is 1. The second kappa shape index (κ2) is 8.30. The number of carbonyl (C=O) groups is 1. The monoisotopic (exact) mass is 383 g/mol. The number of nitrogens with zero attached hydrogens (tertiary/aromatic N) is 1. The largest absolute Gasteiger partial charge is 0.544 e. The second-order valence-electron chi connectivity index (χ2n) is 8.48. The molecule has 0 radical (unpaired) electrons. The molecule has 0 aliphatic heterocycles. The minimum absolute atomic E-state index is 0.0605. The van der Waals surface area contributed by atoms with E-state index in [1.54, 1.807) is 0 Å². The van der Waals surface area contributed by atoms with Gasteiger partial charge in [-0.25, -0.2) is 0 Å². The van der Waals surface area contributed by atoms with E-state index >= 15 is 0 Å². The van der Waals surface area contributed by atoms with Crippen LogP contribution in [0, 0.1) is 0 Å². The Hall–Kier alpha value is -2.07. The topological polar surface area (TPSA) is 29.5 Å². The lowest BCUT2D eigenvalue weighted by molar-refractivity contribution is 0.0645. The molecule has 0 atom stereocenters. The number of fused-ring (bicyclic) bond motifs is 1. The van der Waals surface area contributed by atoms with Gasteiger partial charge in [-0.1, -0.05) is 30.3 Å². The average molecular weight is 384 g/mol. The predicted molar refractivity (Wildman–Crippen MR) is 118 cm³/mol. The minimum atomic E-state index is -1.81. The van der Waals surface area contributed by atoms with Crippen LogP contribution in [-0.4, -0.2) is 31.2 Å². The summed E-state index contributed by atoms with van der Waals surface area (Å²) >= 11 is 0. The molecular weight excluding hydrogens is 350 g/mol. The van der Waals surface area contributed by atoms with Gasteiger partial charge < -0.3 is 9.33 Å². The molecule has 27 heavy (non-hydrogen) atoms. The highest BCUT2D eigenvalue weighted by atomic mass is 28.4. The first-order valence-electron chi connectivity index (χ1n) is 9.77. The van der Waals surface area contributed by atoms with E-state index in [1.165, 1.54) is 0 Å². The van der Waals surface area contributed by atoms with Crippen LogP contribution in [0.1, 0.15) is 50.5 Å². The molecule has 0 spiro atoms. The molecule has 2 aromatic carbocycles. The van der Waals surface area contributed by atoms with Crippen molar-refractivity contribution in [1.29, 1.82) is 0 Å². The zero-order valence-corrected chi connectivity index (χ0v) is 19.0. The third-order valence-corrected chi connectivity index (χ3v) is 5.27. The summed E-state index contributed by atoms with van der Waals surface area (Å²) < 4.78 is 6.34. The summed E-state index contributed by atoms with van der Waals surface area (Å²) in [5.74, 6) is 0.862. The van der Waals surface area contributed by atoms with Crippen LogP contribution in [-0.2, 0) is 4.43 Å². The number of allylic oxidation sites excluding steroid dienone is 1. The summed E-state index contributed by atoms with van der Waals surface area (Å²) in [6, 6.07) is 12.4. The van der Waals surface area contributed by atoms with E-state index in [-0.39, 0.29) is 18.0 Å². The van der Waals surface area contributed by atoms with Crippen molar-refractivity contribution in [1.82, 2.24) is 4.90 Å². The van der Waals surface area contributed by atoms with Gasteiger partial charge in [-0.2, -0.15) is 0 Å². The highest BCUT2D eigenvalue weighted by Crippen LogP contribution is 2.32. The van der Waals surface area contributed by atoms with E-state index in [4.69, 9.17) is 4.43 Å². The molecule has 2 aromatic rings. The molecule has 0 bridgehead atoms. The van der Waals surface area contributed by atoms with Crippen LogP contribution in [0.25, 0.3) is 16.5 Å². The van der Waals surface area contributed by atoms with Crippen LogP contribution in [0.15, 0.2) is 42.5 Å². The van der Waals surface area contributed by atoms with Crippen molar-refractivity contribution in [3.63, 3.8) is 0 Å². The Labute approximate surface area is 165 Å². The lowest BCUT2D eigenvalue weighted by Gasteiger charge is -2.32. The number of amides is 1. The van der Waals surface area contributed by atoms with E-state index in [0.29, 0.717) is 0 Å². The number of hydrogen-bond acceptors (Lipinski definition) is 2. The average Bonchev–Trinajstić information content (AvgIpc) is 2.57. The van der Waals surface area contributed by atoms with Gasteiger partial charge in [0.1, 0.15) is 5.76 Å². The van der Waals surface area contributed by atoms with Gasteiger partial charge in [-0.15, -0.1) is 0 Å². The van der Waals surface area contributed by atoms with Crippen LogP contribution in [0.2, 0.25) is 19.6 Å². The van der Waals surface area contributed by atoms with Gasteiger partial charge in [-0.3, -0.25) is 4.79 Å². The summed E-state index contributed by atoms with van der Waals surface area (Å²) in [6.07, 6.45) is 1.98. The van der Waals surface area contributed by atoms with Crippen molar-refractivity contribution >= 4 is 30.8 Å². The Bertz CT molecular complexity index is 839. The molecule has 0 unspecified atom stereocenters. The highest BCUT2D eigenvalue weighted by Gasteiger charge is 2.28. The van der Waals surface area contributed by atoms with Gasteiger partial charge in [0.15, 0.2) is 0 Å². The molecule has 0 aromatic heterocycles. The van der Waals surface area contributed by atoms with Crippen molar-refractivity contribution in [3.05, 3.63) is 53.6 Å². The quantitative estimate of drug-likeness (QED) is 0.432. The Balaban J connectivity index is 2.76. The van der Waals surface area contributed by atoms with Crippen LogP contribution in [0.4, 0.5) is 0 Å². The lowest BCUT2D eigenvalue weighted by atomic mass is 9.95. The molecule has 2 rings (SSSR count). The fourth-order valence-electron chi connectivity index (χ4n) is 3.50. The summed E-state index contributed by atoms with van der Waals surface area (Å²) in [4.78, 5) is 15.7. The SMILES string of the molecule is C/C=C(\O[Si](C)(C)C)c1ccc2ccccc2c1C(=O)N(C(C)C)C(C)C. The van der Waals surface area contributed by atoms with Gasteiger partial charge in [0, 0.05) is 17.6 Å². The van der Waals surface area contributed by atoms with Gasteiger partial charge in [0.25, 0.3) is 5.91 Å². The number of benzene rings is 2. The van der Waals surface area contributed by atoms with Crippen LogP contribution < -0.4 is 0 Å². The molecule has 0 aliphatic rings. The van der Waals surface area contributed by atoms with Gasteiger partial charge in [-0.05, 0) is 77.2 Å². The molecule has 0 heterocycles. The molecule has 0 saturated heterocycles. The van der Waals surface area contributed by atoms with Crippen LogP contribution >= 0.6 is 0 Å². The molecule has 0 fully saturated rings. The van der Waals surface area contributed by atoms with Crippen LogP contribution in [0.5, 0.6) is 0 Å². The predicted octanol–water partition coefficient (Wildman–Crippen LogP) is 6.31. The summed E-state index contributed by atoms with van der Waals surface area (Å²) in [6.45, 7) is 16.7. The zero-order valence-electron chi connectivity index (χ0n) is 18.0. The zero-order chi connectivity index (χ0) is 20.4. The maximum Gasteiger partial charge on any atom is 0.255 e. The number of hydrogen-bond donors (Lipinski definition) is 0. The first-order valence-corrected chi connectivity index (χ1v) is 13.2. The van der Waals surface area contributed by atoms with Gasteiger partial charge >= 0.3 is 0 Å². The summed E-state index contributed by atoms with van der Waals surface area (Å²) in [5.41, 5.74) is 1.62. The van der Waals surface area contributed by atoms with Crippen molar-refractivity contribution in [3.8, 4) is 0 Å². The Kier molecular flexibility index (Phi) is 6.53. The van der Waals surface area contributed by atoms with E-state index in [0.717, 1.165) is 27.7 Å². The molecule has 4 heteroatoms. The Morgan fingerprint density at radius 3 is 2.11 bits per heavy atom. The minimum Gasteiger partial charge on any atom is -0.544 e. The molecule has 1 amide bonds. The molecular formula is C23H33NO2Si. The van der Waals surface area contributed by atoms with Gasteiger partial charge in [0.05, 0.1) is 5.56 Å². The fourth-order valence-corrected chi connectivity index (χ4v) is 4.39. The summed E-state index contributed by atoms with van der Waals surface area (Å²) in [5, 5.41) is 2.05. The molecule has 0 saturated carbocycles. The second-order valence-corrected chi connectivity index (χ2v) is 12.9. The van der Waals surface area contributed by atoms with Crippen molar-refractivity contribution in [2.75, 3.05) is 0 Å². The van der Waals surface area contributed by atoms with Crippen LogP contribution in [0.3, 0.4) is 0 Å². The molecule has 0 N–H and O–H groups in total. The third kappa shape index (κ3) is 4.81. The fraction of sp³-hybridized carbons (Fsp3) is 0.435. The smallest absolute Gasteiger partial charge is 0.255 e. The number of rotatable bonds is 6. The molecule has 3 nitrogen and oxygen atoms in total. The highest BCUT2D eigenvalue weighted by molar-refractivity contribution is 6.70. The Morgan fingerprint density at radius 1 is 1.00 bits per heavy atom. The maximum absolute atomic E-state index is 13.7. The summed E-state index contributed by atoms with van der Waals surface area (Å²) in [7, 11) is -1.81. The first kappa shape index (κ1) is 21.2. The molecule has 146 valence electrons. The van der Waals surface area contributed by atoms with E-state index in [9.17, 15) is 4.79 Å². The van der Waals surface area contributed by atoms with Crippen molar-refractivity contribution in [2.45, 2.75) is 66.3 Å². The normalized spacial score (nSPS) is 12.7. The van der Waals surface area contributed by atoms with E-state index < -0.39 is 8.32 Å². The first-order chi connectivity index (χ1) is 12.6. The lowest BCUT2D eigenvalue weighted by Crippen LogP contribution is -2.42. The van der Waals surface area contributed by atoms with Crippen molar-refractivity contribution in [2.24, 2.45) is 0 Å². The molecule has 0 aliphatic carbocycles. The standard InChI is InChI=1S/C23H33NO2Si/c1-9-21(26-27(6,7)8)20-15-14-18-12-10-11-13-19(18)22(20)23(25)24(16(2)3)17(4)5/h9-17H,1-8H3/b21-9-. The Morgan fingerprint density at radius 2 is 1.59 bits per heavy atom. The van der Waals surface area contributed by atoms with Crippen molar-refractivity contribution < 1.29 is 9.22 Å². The van der Waals surface area contributed by atoms with E-state index in [2.05, 4.69) is 59.5 Å². The van der Waals surface area contributed by atoms with Gasteiger partial charge in [0.2, 0.25) is 8.32 Å².